The average Bonchev–Trinajstić information content (AvgIpc) is 3.09. The number of carbonyl (C=O) groups is 3. The molecule has 0 aromatic heterocycles. The molecule has 0 aliphatic carbocycles. The van der Waals surface area contributed by atoms with E-state index in [0.717, 1.165) is 24.1 Å². The number of amides is 3. The first-order chi connectivity index (χ1) is 13.4. The van der Waals surface area contributed by atoms with Crippen molar-refractivity contribution in [1.29, 1.82) is 0 Å². The first-order valence-electron chi connectivity index (χ1n) is 9.87. The number of nitrogens with zero attached hydrogens (tertiary/aromatic N) is 2. The Labute approximate surface area is 166 Å². The molecular formula is C21H29N3O4. The molecule has 2 fully saturated rings. The third kappa shape index (κ3) is 4.46. The van der Waals surface area contributed by atoms with E-state index in [2.05, 4.69) is 5.32 Å². The van der Waals surface area contributed by atoms with Gasteiger partial charge >= 0.3 is 6.09 Å². The lowest BCUT2D eigenvalue weighted by Gasteiger charge is -2.31. The average molecular weight is 387 g/mol. The van der Waals surface area contributed by atoms with Gasteiger partial charge in [-0.1, -0.05) is 6.07 Å². The van der Waals surface area contributed by atoms with Gasteiger partial charge in [-0.15, -0.1) is 0 Å². The molecule has 1 atom stereocenters. The summed E-state index contributed by atoms with van der Waals surface area (Å²) in [6.07, 6.45) is 1.64. The highest BCUT2D eigenvalue weighted by molar-refractivity contribution is 6.00. The van der Waals surface area contributed by atoms with Crippen LogP contribution < -0.4 is 10.2 Å². The van der Waals surface area contributed by atoms with Crippen molar-refractivity contribution in [2.75, 3.05) is 38.2 Å². The summed E-state index contributed by atoms with van der Waals surface area (Å²) in [6.45, 7) is 6.37. The van der Waals surface area contributed by atoms with Gasteiger partial charge in [0.25, 0.3) is 0 Å². The number of hydrogen-bond donors (Lipinski definition) is 1. The van der Waals surface area contributed by atoms with Gasteiger partial charge in [-0.25, -0.2) is 4.79 Å². The lowest BCUT2D eigenvalue weighted by atomic mass is 9.96. The summed E-state index contributed by atoms with van der Waals surface area (Å²) in [6, 6.07) is 5.95. The van der Waals surface area contributed by atoms with Crippen molar-refractivity contribution in [1.82, 2.24) is 10.2 Å². The van der Waals surface area contributed by atoms with E-state index >= 15 is 0 Å². The van der Waals surface area contributed by atoms with E-state index in [4.69, 9.17) is 4.74 Å². The molecule has 28 heavy (non-hydrogen) atoms. The number of methoxy groups -OCH3 is 1. The summed E-state index contributed by atoms with van der Waals surface area (Å²) in [5.74, 6) is -0.0352. The fourth-order valence-electron chi connectivity index (χ4n) is 3.86. The zero-order valence-electron chi connectivity index (χ0n) is 16.9. The van der Waals surface area contributed by atoms with Crippen molar-refractivity contribution in [3.63, 3.8) is 0 Å². The van der Waals surface area contributed by atoms with Gasteiger partial charge in [0.15, 0.2) is 0 Å². The van der Waals surface area contributed by atoms with Crippen LogP contribution in [0.3, 0.4) is 0 Å². The summed E-state index contributed by atoms with van der Waals surface area (Å²) in [5.41, 5.74) is 3.18. The molecule has 2 saturated heterocycles. The van der Waals surface area contributed by atoms with Gasteiger partial charge < -0.3 is 19.9 Å². The Hall–Kier alpha value is -2.57. The van der Waals surface area contributed by atoms with E-state index < -0.39 is 0 Å². The number of piperidine rings is 1. The highest BCUT2D eigenvalue weighted by atomic mass is 16.5. The van der Waals surface area contributed by atoms with Crippen molar-refractivity contribution < 1.29 is 19.1 Å². The third-order valence-corrected chi connectivity index (χ3v) is 5.91. The van der Waals surface area contributed by atoms with E-state index in [9.17, 15) is 14.4 Å². The summed E-state index contributed by atoms with van der Waals surface area (Å²) in [4.78, 5) is 39.9. The number of anilines is 1. The number of aryl methyl sites for hydroxylation is 2. The van der Waals surface area contributed by atoms with Crippen molar-refractivity contribution in [3.8, 4) is 0 Å². The minimum absolute atomic E-state index is 0.00482. The molecule has 1 aromatic rings. The standard InChI is InChI=1S/C21H29N3O4/c1-14-4-5-18(10-15(14)2)24-13-17(11-19(24)25)20(26)22-12-16-6-8-23(9-7-16)21(27)28-3/h4-5,10,16-17H,6-9,11-13H2,1-3H3,(H,22,26)/t17-/m0/s1. The predicted octanol–water partition coefficient (Wildman–Crippen LogP) is 2.25. The molecule has 152 valence electrons. The molecule has 0 spiro atoms. The summed E-state index contributed by atoms with van der Waals surface area (Å²) in [7, 11) is 1.39. The first kappa shape index (κ1) is 20.2. The molecule has 0 saturated carbocycles. The maximum absolute atomic E-state index is 12.6. The van der Waals surface area contributed by atoms with Gasteiger partial charge in [0.05, 0.1) is 13.0 Å². The second-order valence-corrected chi connectivity index (χ2v) is 7.82. The lowest BCUT2D eigenvalue weighted by molar-refractivity contribution is -0.126. The number of carbonyl (C=O) groups excluding carboxylic acids is 3. The largest absolute Gasteiger partial charge is 0.453 e. The van der Waals surface area contributed by atoms with Gasteiger partial charge in [-0.05, 0) is 55.9 Å². The van der Waals surface area contributed by atoms with Gasteiger partial charge in [0, 0.05) is 38.3 Å². The molecule has 1 aromatic carbocycles. The van der Waals surface area contributed by atoms with Crippen LogP contribution in [0.5, 0.6) is 0 Å². The van der Waals surface area contributed by atoms with Crippen LogP contribution in [0.4, 0.5) is 10.5 Å². The molecule has 0 bridgehead atoms. The van der Waals surface area contributed by atoms with Crippen molar-refractivity contribution >= 4 is 23.6 Å². The molecule has 0 radical (unpaired) electrons. The van der Waals surface area contributed by atoms with Crippen LogP contribution in [0, 0.1) is 25.7 Å². The number of nitrogens with one attached hydrogen (secondary N) is 1. The Bertz CT molecular complexity index is 756. The number of hydrogen-bond acceptors (Lipinski definition) is 4. The Balaban J connectivity index is 1.48. The predicted molar refractivity (Wildman–Crippen MR) is 106 cm³/mol. The highest BCUT2D eigenvalue weighted by Gasteiger charge is 2.35. The van der Waals surface area contributed by atoms with Crippen molar-refractivity contribution in [3.05, 3.63) is 29.3 Å². The van der Waals surface area contributed by atoms with Crippen LogP contribution in [0.2, 0.25) is 0 Å². The smallest absolute Gasteiger partial charge is 0.409 e. The van der Waals surface area contributed by atoms with Gasteiger partial charge in [0.1, 0.15) is 0 Å². The summed E-state index contributed by atoms with van der Waals surface area (Å²) >= 11 is 0. The molecular weight excluding hydrogens is 358 g/mol. The van der Waals surface area contributed by atoms with Crippen LogP contribution in [0.15, 0.2) is 18.2 Å². The van der Waals surface area contributed by atoms with Crippen LogP contribution in [0.1, 0.15) is 30.4 Å². The number of benzene rings is 1. The minimum Gasteiger partial charge on any atom is -0.453 e. The monoisotopic (exact) mass is 387 g/mol. The molecule has 3 amide bonds. The van der Waals surface area contributed by atoms with E-state index in [-0.39, 0.29) is 30.2 Å². The third-order valence-electron chi connectivity index (χ3n) is 5.91. The van der Waals surface area contributed by atoms with Crippen LogP contribution in [-0.2, 0) is 14.3 Å². The minimum atomic E-state index is -0.315. The number of likely N-dealkylation sites (tertiary alicyclic amines) is 1. The van der Waals surface area contributed by atoms with Crippen molar-refractivity contribution in [2.24, 2.45) is 11.8 Å². The van der Waals surface area contributed by atoms with Gasteiger partial charge in [0.2, 0.25) is 11.8 Å². The van der Waals surface area contributed by atoms with Crippen LogP contribution >= 0.6 is 0 Å². The Morgan fingerprint density at radius 3 is 2.54 bits per heavy atom. The van der Waals surface area contributed by atoms with Crippen LogP contribution in [0.25, 0.3) is 0 Å². The zero-order valence-corrected chi connectivity index (χ0v) is 16.9. The summed E-state index contributed by atoms with van der Waals surface area (Å²) in [5, 5.41) is 3.01. The van der Waals surface area contributed by atoms with E-state index in [1.165, 1.54) is 12.7 Å². The molecule has 2 heterocycles. The Morgan fingerprint density at radius 2 is 1.89 bits per heavy atom. The van der Waals surface area contributed by atoms with Gasteiger partial charge in [-0.2, -0.15) is 0 Å². The fourth-order valence-corrected chi connectivity index (χ4v) is 3.86. The Kier molecular flexibility index (Phi) is 6.21. The number of rotatable bonds is 4. The van der Waals surface area contributed by atoms with E-state index in [1.54, 1.807) is 9.80 Å². The second-order valence-electron chi connectivity index (χ2n) is 7.82. The summed E-state index contributed by atoms with van der Waals surface area (Å²) < 4.78 is 4.74. The molecule has 1 N–H and O–H groups in total. The molecule has 0 unspecified atom stereocenters. The second kappa shape index (κ2) is 8.63. The zero-order chi connectivity index (χ0) is 20.3. The fraction of sp³-hybridized carbons (Fsp3) is 0.571. The first-order valence-corrected chi connectivity index (χ1v) is 9.87. The van der Waals surface area contributed by atoms with Crippen LogP contribution in [-0.4, -0.2) is 56.1 Å². The molecule has 7 nitrogen and oxygen atoms in total. The quantitative estimate of drug-likeness (QED) is 0.859. The number of ether oxygens (including phenoxy) is 1. The molecule has 2 aliphatic heterocycles. The van der Waals surface area contributed by atoms with Crippen molar-refractivity contribution in [2.45, 2.75) is 33.1 Å². The maximum Gasteiger partial charge on any atom is 0.409 e. The molecule has 7 heteroatoms. The normalized spacial score (nSPS) is 20.4. The van der Waals surface area contributed by atoms with E-state index in [0.29, 0.717) is 32.1 Å². The van der Waals surface area contributed by atoms with E-state index in [1.807, 2.05) is 32.0 Å². The Morgan fingerprint density at radius 1 is 1.18 bits per heavy atom. The molecule has 3 rings (SSSR count). The molecule has 2 aliphatic rings. The SMILES string of the molecule is COC(=O)N1CCC(CNC(=O)[C@H]2CC(=O)N(c3ccc(C)c(C)c3)C2)CC1. The lowest BCUT2D eigenvalue weighted by Crippen LogP contribution is -2.42. The maximum atomic E-state index is 12.6. The van der Waals surface area contributed by atoms with Gasteiger partial charge in [-0.3, -0.25) is 9.59 Å². The topological polar surface area (TPSA) is 79.0 Å². The highest BCUT2D eigenvalue weighted by Crippen LogP contribution is 2.27.